The first-order valence-electron chi connectivity index (χ1n) is 8.00. The van der Waals surface area contributed by atoms with Crippen molar-refractivity contribution in [2.45, 2.75) is 0 Å². The molecule has 0 fully saturated rings. The lowest BCUT2D eigenvalue weighted by atomic mass is 9.99. The van der Waals surface area contributed by atoms with Crippen molar-refractivity contribution in [2.75, 3.05) is 7.05 Å². The number of halogens is 1. The Morgan fingerprint density at radius 2 is 1.77 bits per heavy atom. The summed E-state index contributed by atoms with van der Waals surface area (Å²) in [5.74, 6) is 0. The Labute approximate surface area is 155 Å². The van der Waals surface area contributed by atoms with Gasteiger partial charge in [-0.25, -0.2) is 9.97 Å². The number of hydrogen-bond donors (Lipinski definition) is 2. The second-order valence-corrected chi connectivity index (χ2v) is 5.75. The van der Waals surface area contributed by atoms with E-state index >= 15 is 0 Å². The molecule has 3 heterocycles. The fraction of sp³-hybridized carbons (Fsp3) is 0.0500. The molecule has 0 radical (unpaired) electrons. The van der Waals surface area contributed by atoms with Crippen LogP contribution in [-0.2, 0) is 0 Å². The van der Waals surface area contributed by atoms with E-state index in [9.17, 15) is 4.79 Å². The first kappa shape index (κ1) is 17.8. The number of nitrogens with one attached hydrogen (secondary N) is 1. The van der Waals surface area contributed by atoms with Crippen molar-refractivity contribution < 1.29 is 0 Å². The predicted molar refractivity (Wildman–Crippen MR) is 106 cm³/mol. The summed E-state index contributed by atoms with van der Waals surface area (Å²) in [6, 6.07) is 17.1. The maximum Gasteiger partial charge on any atom is 0.257 e. The topological polar surface area (TPSA) is 84.7 Å². The van der Waals surface area contributed by atoms with Gasteiger partial charge in [-0.2, -0.15) is 0 Å². The molecular formula is C20H17ClN4O. The Morgan fingerprint density at radius 3 is 2.46 bits per heavy atom. The first-order chi connectivity index (χ1) is 12.7. The van der Waals surface area contributed by atoms with Crippen molar-refractivity contribution in [1.29, 1.82) is 0 Å². The molecule has 0 saturated carbocycles. The molecular weight excluding hydrogens is 348 g/mol. The Bertz CT molecular complexity index is 1080. The van der Waals surface area contributed by atoms with Crippen molar-refractivity contribution in [1.82, 2.24) is 15.0 Å². The molecule has 3 N–H and O–H groups in total. The van der Waals surface area contributed by atoms with Crippen molar-refractivity contribution in [3.05, 3.63) is 82.5 Å². The molecule has 0 aliphatic rings. The Hall–Kier alpha value is -3.02. The zero-order chi connectivity index (χ0) is 18.5. The number of nitrogens with two attached hydrogens (primary N) is 1. The van der Waals surface area contributed by atoms with Crippen molar-refractivity contribution in [3.8, 4) is 22.4 Å². The Balaban J connectivity index is 0.000000948. The van der Waals surface area contributed by atoms with Gasteiger partial charge < -0.3 is 10.7 Å². The van der Waals surface area contributed by atoms with Crippen LogP contribution in [0, 0.1) is 0 Å². The molecule has 6 heteroatoms. The maximum atomic E-state index is 12.1. The van der Waals surface area contributed by atoms with E-state index < -0.39 is 0 Å². The number of fused-ring (bicyclic) bond motifs is 1. The van der Waals surface area contributed by atoms with Crippen molar-refractivity contribution in [3.63, 3.8) is 0 Å². The van der Waals surface area contributed by atoms with Crippen molar-refractivity contribution in [2.24, 2.45) is 5.73 Å². The van der Waals surface area contributed by atoms with E-state index in [0.717, 1.165) is 22.4 Å². The van der Waals surface area contributed by atoms with E-state index in [-0.39, 0.29) is 5.56 Å². The fourth-order valence-corrected chi connectivity index (χ4v) is 2.80. The molecule has 0 atom stereocenters. The van der Waals surface area contributed by atoms with Crippen LogP contribution < -0.4 is 11.3 Å². The van der Waals surface area contributed by atoms with Crippen LogP contribution in [0.15, 0.2) is 71.8 Å². The van der Waals surface area contributed by atoms with Gasteiger partial charge in [0.25, 0.3) is 5.56 Å². The van der Waals surface area contributed by atoms with E-state index in [4.69, 9.17) is 16.6 Å². The quantitative estimate of drug-likeness (QED) is 0.528. The molecule has 3 aromatic heterocycles. The lowest BCUT2D eigenvalue weighted by Crippen LogP contribution is -2.06. The highest BCUT2D eigenvalue weighted by Crippen LogP contribution is 2.32. The van der Waals surface area contributed by atoms with E-state index in [1.165, 1.54) is 7.05 Å². The Morgan fingerprint density at radius 1 is 1.00 bits per heavy atom. The monoisotopic (exact) mass is 364 g/mol. The summed E-state index contributed by atoms with van der Waals surface area (Å²) < 4.78 is 0. The number of aromatic amines is 1. The summed E-state index contributed by atoms with van der Waals surface area (Å²) in [5, 5.41) is 0.985. The second kappa shape index (κ2) is 7.91. The third kappa shape index (κ3) is 3.49. The number of aromatic nitrogens is 3. The second-order valence-electron chi connectivity index (χ2n) is 5.36. The van der Waals surface area contributed by atoms with E-state index in [0.29, 0.717) is 16.1 Å². The van der Waals surface area contributed by atoms with Crippen LogP contribution in [-0.4, -0.2) is 22.0 Å². The summed E-state index contributed by atoms with van der Waals surface area (Å²) in [6.45, 7) is 0. The van der Waals surface area contributed by atoms with Crippen LogP contribution in [0.1, 0.15) is 0 Å². The molecule has 26 heavy (non-hydrogen) atoms. The summed E-state index contributed by atoms with van der Waals surface area (Å²) >= 11 is 5.89. The molecule has 0 unspecified atom stereocenters. The highest BCUT2D eigenvalue weighted by Gasteiger charge is 2.13. The predicted octanol–water partition coefficient (Wildman–Crippen LogP) is 3.88. The normalized spacial score (nSPS) is 10.3. The fourth-order valence-electron chi connectivity index (χ4n) is 2.68. The molecule has 1 aromatic carbocycles. The minimum atomic E-state index is -0.155. The minimum absolute atomic E-state index is 0.155. The average Bonchev–Trinajstić information content (AvgIpc) is 2.70. The van der Waals surface area contributed by atoms with E-state index in [2.05, 4.69) is 15.7 Å². The molecule has 0 saturated heterocycles. The zero-order valence-corrected chi connectivity index (χ0v) is 14.9. The smallest absolute Gasteiger partial charge is 0.257 e. The zero-order valence-electron chi connectivity index (χ0n) is 14.1. The lowest BCUT2D eigenvalue weighted by molar-refractivity contribution is 1.25. The average molecular weight is 365 g/mol. The lowest BCUT2D eigenvalue weighted by Gasteiger charge is -2.11. The van der Waals surface area contributed by atoms with Gasteiger partial charge in [0, 0.05) is 23.5 Å². The molecule has 0 amide bonds. The summed E-state index contributed by atoms with van der Waals surface area (Å²) in [7, 11) is 1.50. The van der Waals surface area contributed by atoms with Crippen LogP contribution >= 0.6 is 11.6 Å². The number of pyridine rings is 3. The van der Waals surface area contributed by atoms with Gasteiger partial charge in [-0.05, 0) is 36.9 Å². The van der Waals surface area contributed by atoms with Gasteiger partial charge in [-0.3, -0.25) is 4.79 Å². The third-order valence-corrected chi connectivity index (χ3v) is 4.06. The highest BCUT2D eigenvalue weighted by atomic mass is 35.5. The van der Waals surface area contributed by atoms with E-state index in [1.54, 1.807) is 24.5 Å². The Kier molecular flexibility index (Phi) is 5.41. The minimum Gasteiger partial charge on any atom is -0.333 e. The molecule has 0 aliphatic heterocycles. The number of nitrogens with zero attached hydrogens (tertiary/aromatic N) is 2. The standard InChI is InChI=1S/C19H12ClN3O.CH5N/c20-17-7-6-13(11-22-17)18-14(12-4-2-1-3-5-12)10-15-16(23-18)8-9-21-19(15)24;1-2/h1-11H,(H,21,24);2H2,1H3. The number of benzene rings is 1. The first-order valence-corrected chi connectivity index (χ1v) is 8.38. The maximum absolute atomic E-state index is 12.1. The number of hydrogen-bond acceptors (Lipinski definition) is 4. The molecule has 0 aliphatic carbocycles. The van der Waals surface area contributed by atoms with Crippen LogP contribution in [0.5, 0.6) is 0 Å². The number of rotatable bonds is 2. The molecule has 5 nitrogen and oxygen atoms in total. The van der Waals surface area contributed by atoms with Gasteiger partial charge in [0.05, 0.1) is 16.6 Å². The van der Waals surface area contributed by atoms with Crippen LogP contribution in [0.4, 0.5) is 0 Å². The largest absolute Gasteiger partial charge is 0.333 e. The van der Waals surface area contributed by atoms with E-state index in [1.807, 2.05) is 42.5 Å². The molecule has 0 spiro atoms. The van der Waals surface area contributed by atoms with Gasteiger partial charge in [-0.1, -0.05) is 41.9 Å². The number of H-pyrrole nitrogens is 1. The van der Waals surface area contributed by atoms with Crippen LogP contribution in [0.25, 0.3) is 33.3 Å². The van der Waals surface area contributed by atoms with Gasteiger partial charge in [-0.15, -0.1) is 0 Å². The third-order valence-electron chi connectivity index (χ3n) is 3.84. The molecule has 4 aromatic rings. The van der Waals surface area contributed by atoms with Crippen LogP contribution in [0.3, 0.4) is 0 Å². The van der Waals surface area contributed by atoms with Gasteiger partial charge in [0.15, 0.2) is 0 Å². The van der Waals surface area contributed by atoms with Crippen molar-refractivity contribution >= 4 is 22.5 Å². The van der Waals surface area contributed by atoms with Gasteiger partial charge >= 0.3 is 0 Å². The van der Waals surface area contributed by atoms with Gasteiger partial charge in [0.2, 0.25) is 0 Å². The molecule has 0 bridgehead atoms. The summed E-state index contributed by atoms with van der Waals surface area (Å²) in [5.41, 5.74) is 8.47. The highest BCUT2D eigenvalue weighted by molar-refractivity contribution is 6.29. The SMILES string of the molecule is CN.O=c1[nH]ccc2nc(-c3ccc(Cl)nc3)c(-c3ccccc3)cc12. The molecule has 4 rings (SSSR count). The van der Waals surface area contributed by atoms with Gasteiger partial charge in [0.1, 0.15) is 5.15 Å². The summed E-state index contributed by atoms with van der Waals surface area (Å²) in [4.78, 5) is 23.7. The summed E-state index contributed by atoms with van der Waals surface area (Å²) in [6.07, 6.45) is 3.29. The van der Waals surface area contributed by atoms with Crippen LogP contribution in [0.2, 0.25) is 5.15 Å². The molecule has 130 valence electrons.